The van der Waals surface area contributed by atoms with E-state index in [1.54, 1.807) is 24.9 Å². The van der Waals surface area contributed by atoms with Gasteiger partial charge in [0.25, 0.3) is 11.6 Å². The zero-order valence-electron chi connectivity index (χ0n) is 12.7. The SMILES string of the molecule is Cc1cc(C(=O)N(C)CC2CCN(C)C2)ccc1[N+](=O)[O-]. The molecule has 1 saturated heterocycles. The standard InChI is InChI=1S/C15H21N3O3/c1-11-8-13(4-5-14(11)18(20)21)15(19)17(3)10-12-6-7-16(2)9-12/h4-5,8,12H,6-7,9-10H2,1-3H3. The molecule has 0 spiro atoms. The Morgan fingerprint density at radius 2 is 2.24 bits per heavy atom. The molecule has 6 nitrogen and oxygen atoms in total. The van der Waals surface area contributed by atoms with Gasteiger partial charge >= 0.3 is 0 Å². The number of hydrogen-bond donors (Lipinski definition) is 0. The van der Waals surface area contributed by atoms with Crippen molar-refractivity contribution in [3.63, 3.8) is 0 Å². The van der Waals surface area contributed by atoms with E-state index in [4.69, 9.17) is 0 Å². The van der Waals surface area contributed by atoms with Crippen molar-refractivity contribution in [1.82, 2.24) is 9.80 Å². The summed E-state index contributed by atoms with van der Waals surface area (Å²) < 4.78 is 0. The van der Waals surface area contributed by atoms with Gasteiger partial charge in [0.05, 0.1) is 4.92 Å². The highest BCUT2D eigenvalue weighted by atomic mass is 16.6. The Kier molecular flexibility index (Phi) is 4.57. The molecule has 0 N–H and O–H groups in total. The average molecular weight is 291 g/mol. The summed E-state index contributed by atoms with van der Waals surface area (Å²) >= 11 is 0. The van der Waals surface area contributed by atoms with Gasteiger partial charge in [0.15, 0.2) is 0 Å². The highest BCUT2D eigenvalue weighted by Crippen LogP contribution is 2.21. The number of carbonyl (C=O) groups is 1. The predicted molar refractivity (Wildman–Crippen MR) is 80.4 cm³/mol. The highest BCUT2D eigenvalue weighted by Gasteiger charge is 2.23. The van der Waals surface area contributed by atoms with Gasteiger partial charge in [0, 0.05) is 37.3 Å². The summed E-state index contributed by atoms with van der Waals surface area (Å²) in [6.07, 6.45) is 1.10. The summed E-state index contributed by atoms with van der Waals surface area (Å²) in [5.74, 6) is 0.422. The van der Waals surface area contributed by atoms with Crippen molar-refractivity contribution in [3.05, 3.63) is 39.4 Å². The van der Waals surface area contributed by atoms with Gasteiger partial charge in [-0.2, -0.15) is 0 Å². The van der Waals surface area contributed by atoms with Crippen LogP contribution in [0, 0.1) is 23.0 Å². The van der Waals surface area contributed by atoms with E-state index >= 15 is 0 Å². The highest BCUT2D eigenvalue weighted by molar-refractivity contribution is 5.94. The van der Waals surface area contributed by atoms with Crippen LogP contribution < -0.4 is 0 Å². The molecule has 1 aliphatic heterocycles. The maximum Gasteiger partial charge on any atom is 0.272 e. The molecule has 1 heterocycles. The normalized spacial score (nSPS) is 18.7. The van der Waals surface area contributed by atoms with Gasteiger partial charge in [-0.15, -0.1) is 0 Å². The number of hydrogen-bond acceptors (Lipinski definition) is 4. The number of aryl methyl sites for hydroxylation is 1. The molecule has 0 aliphatic carbocycles. The first-order valence-corrected chi connectivity index (χ1v) is 7.07. The van der Waals surface area contributed by atoms with E-state index in [1.807, 2.05) is 0 Å². The number of rotatable bonds is 4. The number of benzene rings is 1. The number of carbonyl (C=O) groups excluding carboxylic acids is 1. The van der Waals surface area contributed by atoms with Gasteiger partial charge < -0.3 is 9.80 Å². The fourth-order valence-electron chi connectivity index (χ4n) is 2.86. The van der Waals surface area contributed by atoms with Gasteiger partial charge in [-0.3, -0.25) is 14.9 Å². The van der Waals surface area contributed by atoms with Gasteiger partial charge in [0.2, 0.25) is 0 Å². The third-order valence-corrected chi connectivity index (χ3v) is 4.01. The molecule has 1 atom stereocenters. The summed E-state index contributed by atoms with van der Waals surface area (Å²) in [6, 6.07) is 4.53. The molecule has 2 rings (SSSR count). The lowest BCUT2D eigenvalue weighted by molar-refractivity contribution is -0.385. The number of nitrogens with zero attached hydrogens (tertiary/aromatic N) is 3. The number of nitro groups is 1. The second-order valence-electron chi connectivity index (χ2n) is 5.86. The van der Waals surface area contributed by atoms with Gasteiger partial charge in [-0.25, -0.2) is 0 Å². The fraction of sp³-hybridized carbons (Fsp3) is 0.533. The van der Waals surface area contributed by atoms with Crippen molar-refractivity contribution in [2.75, 3.05) is 33.7 Å². The fourth-order valence-corrected chi connectivity index (χ4v) is 2.86. The number of amides is 1. The van der Waals surface area contributed by atoms with Gasteiger partial charge in [-0.1, -0.05) is 0 Å². The lowest BCUT2D eigenvalue weighted by Crippen LogP contribution is -2.32. The second-order valence-corrected chi connectivity index (χ2v) is 5.86. The first kappa shape index (κ1) is 15.4. The molecule has 21 heavy (non-hydrogen) atoms. The molecular weight excluding hydrogens is 270 g/mol. The molecule has 1 unspecified atom stereocenters. The van der Waals surface area contributed by atoms with Crippen LogP contribution in [0.1, 0.15) is 22.3 Å². The molecule has 0 bridgehead atoms. The molecule has 0 radical (unpaired) electrons. The van der Waals surface area contributed by atoms with Gasteiger partial charge in [0.1, 0.15) is 0 Å². The molecule has 0 saturated carbocycles. The minimum Gasteiger partial charge on any atom is -0.341 e. The van der Waals surface area contributed by atoms with Crippen LogP contribution in [0.3, 0.4) is 0 Å². The zero-order chi connectivity index (χ0) is 15.6. The molecule has 1 aromatic rings. The van der Waals surface area contributed by atoms with Crippen LogP contribution in [-0.2, 0) is 0 Å². The molecule has 1 fully saturated rings. The van der Waals surface area contributed by atoms with E-state index in [0.717, 1.165) is 26.1 Å². The van der Waals surface area contributed by atoms with Crippen LogP contribution in [0.15, 0.2) is 18.2 Å². The van der Waals surface area contributed by atoms with Crippen LogP contribution in [0.25, 0.3) is 0 Å². The molecule has 0 aromatic heterocycles. The quantitative estimate of drug-likeness (QED) is 0.628. The first-order valence-electron chi connectivity index (χ1n) is 7.07. The summed E-state index contributed by atoms with van der Waals surface area (Å²) in [4.78, 5) is 26.7. The van der Waals surface area contributed by atoms with Crippen molar-refractivity contribution in [2.45, 2.75) is 13.3 Å². The molecule has 1 amide bonds. The Balaban J connectivity index is 2.05. The predicted octanol–water partition coefficient (Wildman–Crippen LogP) is 1.93. The smallest absolute Gasteiger partial charge is 0.272 e. The Labute approximate surface area is 124 Å². The van der Waals surface area contributed by atoms with Crippen LogP contribution in [0.5, 0.6) is 0 Å². The van der Waals surface area contributed by atoms with Crippen molar-refractivity contribution >= 4 is 11.6 Å². The topological polar surface area (TPSA) is 66.7 Å². The average Bonchev–Trinajstić information content (AvgIpc) is 2.82. The van der Waals surface area contributed by atoms with E-state index in [2.05, 4.69) is 11.9 Å². The Morgan fingerprint density at radius 3 is 2.76 bits per heavy atom. The Bertz CT molecular complexity index is 559. The first-order chi connectivity index (χ1) is 9.88. The lowest BCUT2D eigenvalue weighted by atomic mass is 10.1. The minimum absolute atomic E-state index is 0.0478. The molecule has 6 heteroatoms. The van der Waals surface area contributed by atoms with E-state index in [0.29, 0.717) is 17.0 Å². The van der Waals surface area contributed by atoms with Crippen LogP contribution in [0.4, 0.5) is 5.69 Å². The third-order valence-electron chi connectivity index (χ3n) is 4.01. The summed E-state index contributed by atoms with van der Waals surface area (Å²) in [5, 5.41) is 10.8. The molecule has 114 valence electrons. The summed E-state index contributed by atoms with van der Waals surface area (Å²) in [5.41, 5.74) is 1.07. The van der Waals surface area contributed by atoms with Crippen molar-refractivity contribution in [1.29, 1.82) is 0 Å². The second kappa shape index (κ2) is 6.22. The molecule has 1 aromatic carbocycles. The van der Waals surface area contributed by atoms with Crippen LogP contribution in [0.2, 0.25) is 0 Å². The van der Waals surface area contributed by atoms with E-state index in [9.17, 15) is 14.9 Å². The van der Waals surface area contributed by atoms with E-state index in [-0.39, 0.29) is 11.6 Å². The Morgan fingerprint density at radius 1 is 1.52 bits per heavy atom. The Hall–Kier alpha value is -1.95. The van der Waals surface area contributed by atoms with E-state index in [1.165, 1.54) is 12.1 Å². The van der Waals surface area contributed by atoms with Crippen LogP contribution in [-0.4, -0.2) is 54.4 Å². The minimum atomic E-state index is -0.429. The molecular formula is C15H21N3O3. The van der Waals surface area contributed by atoms with Crippen molar-refractivity contribution < 1.29 is 9.72 Å². The largest absolute Gasteiger partial charge is 0.341 e. The maximum absolute atomic E-state index is 12.4. The molecule has 1 aliphatic rings. The van der Waals surface area contributed by atoms with Crippen molar-refractivity contribution in [3.8, 4) is 0 Å². The van der Waals surface area contributed by atoms with Crippen LogP contribution >= 0.6 is 0 Å². The third kappa shape index (κ3) is 3.58. The maximum atomic E-state index is 12.4. The summed E-state index contributed by atoms with van der Waals surface area (Å²) in [6.45, 7) is 4.46. The van der Waals surface area contributed by atoms with Gasteiger partial charge in [-0.05, 0) is 45.0 Å². The monoisotopic (exact) mass is 291 g/mol. The zero-order valence-corrected chi connectivity index (χ0v) is 12.7. The van der Waals surface area contributed by atoms with Crippen molar-refractivity contribution in [2.24, 2.45) is 5.92 Å². The van der Waals surface area contributed by atoms with E-state index < -0.39 is 4.92 Å². The number of nitro benzene ring substituents is 1. The summed E-state index contributed by atoms with van der Waals surface area (Å²) in [7, 11) is 3.87. The lowest BCUT2D eigenvalue weighted by Gasteiger charge is -2.21. The number of likely N-dealkylation sites (tertiary alicyclic amines) is 1.